The number of nitrogens with one attached hydrogen (secondary N) is 1. The molecule has 1 aliphatic heterocycles. The van der Waals surface area contributed by atoms with E-state index in [-0.39, 0.29) is 12.1 Å². The van der Waals surface area contributed by atoms with Crippen molar-refractivity contribution in [2.24, 2.45) is 0 Å². The molecule has 2 N–H and O–H groups in total. The molecule has 19 heavy (non-hydrogen) atoms. The molecule has 4 heteroatoms. The summed E-state index contributed by atoms with van der Waals surface area (Å²) >= 11 is 0. The van der Waals surface area contributed by atoms with Crippen molar-refractivity contribution >= 4 is 0 Å². The Morgan fingerprint density at radius 2 is 1.95 bits per heavy atom. The summed E-state index contributed by atoms with van der Waals surface area (Å²) in [5.74, 6) is 0. The number of hydrogen-bond donors (Lipinski definition) is 2. The molecule has 1 saturated heterocycles. The molecular formula is C15H31N3O. The van der Waals surface area contributed by atoms with Crippen molar-refractivity contribution in [3.63, 3.8) is 0 Å². The molecule has 0 bridgehead atoms. The molecule has 2 fully saturated rings. The van der Waals surface area contributed by atoms with Crippen LogP contribution in [0.3, 0.4) is 0 Å². The van der Waals surface area contributed by atoms with Crippen LogP contribution < -0.4 is 5.32 Å². The predicted octanol–water partition coefficient (Wildman–Crippen LogP) is 0.907. The van der Waals surface area contributed by atoms with E-state index in [0.29, 0.717) is 6.04 Å². The summed E-state index contributed by atoms with van der Waals surface area (Å²) < 4.78 is 0. The van der Waals surface area contributed by atoms with Crippen LogP contribution in [0.25, 0.3) is 0 Å². The zero-order valence-electron chi connectivity index (χ0n) is 12.7. The van der Waals surface area contributed by atoms with E-state index in [4.69, 9.17) is 0 Å². The van der Waals surface area contributed by atoms with E-state index < -0.39 is 0 Å². The highest BCUT2D eigenvalue weighted by atomic mass is 16.3. The molecule has 1 heterocycles. The van der Waals surface area contributed by atoms with Crippen LogP contribution in [0.1, 0.15) is 39.0 Å². The van der Waals surface area contributed by atoms with E-state index >= 15 is 0 Å². The fourth-order valence-corrected chi connectivity index (χ4v) is 2.79. The maximum atomic E-state index is 9.59. The SMILES string of the molecule is CN(CCN1CCCC1)CCC(C)(CO)NC1CC1. The first-order valence-electron chi connectivity index (χ1n) is 7.91. The van der Waals surface area contributed by atoms with Gasteiger partial charge in [-0.15, -0.1) is 0 Å². The van der Waals surface area contributed by atoms with Crippen molar-refractivity contribution in [2.75, 3.05) is 46.4 Å². The van der Waals surface area contributed by atoms with Gasteiger partial charge in [-0.25, -0.2) is 0 Å². The number of hydrogen-bond acceptors (Lipinski definition) is 4. The van der Waals surface area contributed by atoms with Gasteiger partial charge in [-0.2, -0.15) is 0 Å². The van der Waals surface area contributed by atoms with Crippen molar-refractivity contribution in [1.82, 2.24) is 15.1 Å². The summed E-state index contributed by atoms with van der Waals surface area (Å²) in [4.78, 5) is 4.96. The van der Waals surface area contributed by atoms with Gasteiger partial charge in [0.1, 0.15) is 0 Å². The van der Waals surface area contributed by atoms with Crippen molar-refractivity contribution in [1.29, 1.82) is 0 Å². The summed E-state index contributed by atoms with van der Waals surface area (Å²) in [7, 11) is 2.20. The molecule has 0 aromatic carbocycles. The minimum Gasteiger partial charge on any atom is -0.394 e. The Kier molecular flexibility index (Phi) is 5.63. The van der Waals surface area contributed by atoms with Crippen molar-refractivity contribution in [3.05, 3.63) is 0 Å². The highest BCUT2D eigenvalue weighted by Gasteiger charge is 2.31. The molecule has 1 saturated carbocycles. The van der Waals surface area contributed by atoms with Gasteiger partial charge >= 0.3 is 0 Å². The van der Waals surface area contributed by atoms with Crippen LogP contribution in [0.4, 0.5) is 0 Å². The van der Waals surface area contributed by atoms with Crippen LogP contribution in [0, 0.1) is 0 Å². The van der Waals surface area contributed by atoms with E-state index in [9.17, 15) is 5.11 Å². The molecule has 1 aliphatic carbocycles. The standard InChI is InChI=1S/C15H31N3O/c1-15(13-19,16-14-5-6-14)7-10-17(2)11-12-18-8-3-4-9-18/h14,16,19H,3-13H2,1-2H3. The van der Waals surface area contributed by atoms with Crippen LogP contribution in [0.2, 0.25) is 0 Å². The third-order valence-electron chi connectivity index (χ3n) is 4.52. The second-order valence-corrected chi connectivity index (χ2v) is 6.74. The van der Waals surface area contributed by atoms with E-state index in [1.165, 1.54) is 45.3 Å². The topological polar surface area (TPSA) is 38.7 Å². The average molecular weight is 269 g/mol. The normalized spacial score (nSPS) is 24.0. The molecule has 1 unspecified atom stereocenters. The summed E-state index contributed by atoms with van der Waals surface area (Å²) in [6.45, 7) is 8.36. The van der Waals surface area contributed by atoms with E-state index in [2.05, 4.69) is 29.1 Å². The highest BCUT2D eigenvalue weighted by Crippen LogP contribution is 2.23. The Morgan fingerprint density at radius 1 is 1.26 bits per heavy atom. The van der Waals surface area contributed by atoms with Gasteiger partial charge in [0.25, 0.3) is 0 Å². The zero-order valence-corrected chi connectivity index (χ0v) is 12.7. The van der Waals surface area contributed by atoms with Crippen LogP contribution >= 0.6 is 0 Å². The first-order valence-corrected chi connectivity index (χ1v) is 7.91. The molecule has 2 rings (SSSR count). The van der Waals surface area contributed by atoms with Crippen LogP contribution in [-0.2, 0) is 0 Å². The van der Waals surface area contributed by atoms with E-state index in [0.717, 1.165) is 19.5 Å². The van der Waals surface area contributed by atoms with E-state index in [1.807, 2.05) is 0 Å². The third kappa shape index (κ3) is 5.38. The monoisotopic (exact) mass is 269 g/mol. The van der Waals surface area contributed by atoms with Gasteiger partial charge in [0.15, 0.2) is 0 Å². The van der Waals surface area contributed by atoms with Gasteiger partial charge in [-0.1, -0.05) is 0 Å². The van der Waals surface area contributed by atoms with Gasteiger partial charge in [0.05, 0.1) is 6.61 Å². The van der Waals surface area contributed by atoms with Crippen molar-refractivity contribution in [2.45, 2.75) is 50.6 Å². The van der Waals surface area contributed by atoms with Gasteiger partial charge in [-0.05, 0) is 65.7 Å². The van der Waals surface area contributed by atoms with Crippen LogP contribution in [0.5, 0.6) is 0 Å². The minimum absolute atomic E-state index is 0.0942. The molecule has 0 amide bonds. The first kappa shape index (κ1) is 15.2. The molecule has 0 aromatic heterocycles. The average Bonchev–Trinajstić information content (AvgIpc) is 3.06. The minimum atomic E-state index is -0.0942. The molecule has 112 valence electrons. The molecule has 2 aliphatic rings. The Labute approximate surface area is 118 Å². The molecule has 0 radical (unpaired) electrons. The quantitative estimate of drug-likeness (QED) is 0.652. The first-order chi connectivity index (χ1) is 9.11. The maximum Gasteiger partial charge on any atom is 0.0611 e. The second-order valence-electron chi connectivity index (χ2n) is 6.74. The Bertz CT molecular complexity index is 264. The third-order valence-corrected chi connectivity index (χ3v) is 4.52. The number of nitrogens with zero attached hydrogens (tertiary/aromatic N) is 2. The Balaban J connectivity index is 1.61. The number of likely N-dealkylation sites (tertiary alicyclic amines) is 1. The molecular weight excluding hydrogens is 238 g/mol. The number of aliphatic hydroxyl groups is 1. The predicted molar refractivity (Wildman–Crippen MR) is 79.4 cm³/mol. The largest absolute Gasteiger partial charge is 0.394 e. The van der Waals surface area contributed by atoms with Crippen LogP contribution in [-0.4, -0.2) is 72.9 Å². The van der Waals surface area contributed by atoms with E-state index in [1.54, 1.807) is 0 Å². The van der Waals surface area contributed by atoms with Crippen molar-refractivity contribution in [3.8, 4) is 0 Å². The van der Waals surface area contributed by atoms with Gasteiger partial charge in [0.2, 0.25) is 0 Å². The number of likely N-dealkylation sites (N-methyl/N-ethyl adjacent to an activating group) is 1. The lowest BCUT2D eigenvalue weighted by molar-refractivity contribution is 0.146. The summed E-state index contributed by atoms with van der Waals surface area (Å²) in [5.41, 5.74) is -0.0942. The number of rotatable bonds is 9. The molecule has 1 atom stereocenters. The summed E-state index contributed by atoms with van der Waals surface area (Å²) in [5, 5.41) is 13.2. The lowest BCUT2D eigenvalue weighted by Gasteiger charge is -2.31. The molecule has 4 nitrogen and oxygen atoms in total. The lowest BCUT2D eigenvalue weighted by Crippen LogP contribution is -2.49. The lowest BCUT2D eigenvalue weighted by atomic mass is 9.98. The smallest absolute Gasteiger partial charge is 0.0611 e. The maximum absolute atomic E-state index is 9.59. The molecule has 0 spiro atoms. The van der Waals surface area contributed by atoms with Crippen molar-refractivity contribution < 1.29 is 5.11 Å². The van der Waals surface area contributed by atoms with Gasteiger partial charge in [-0.3, -0.25) is 0 Å². The summed E-state index contributed by atoms with van der Waals surface area (Å²) in [6.07, 6.45) is 6.33. The highest BCUT2D eigenvalue weighted by molar-refractivity contribution is 4.92. The summed E-state index contributed by atoms with van der Waals surface area (Å²) in [6, 6.07) is 0.659. The Hall–Kier alpha value is -0.160. The van der Waals surface area contributed by atoms with Gasteiger partial charge in [0, 0.05) is 24.7 Å². The fraction of sp³-hybridized carbons (Fsp3) is 1.00. The number of aliphatic hydroxyl groups excluding tert-OH is 1. The molecule has 0 aromatic rings. The fourth-order valence-electron chi connectivity index (χ4n) is 2.79. The Morgan fingerprint density at radius 3 is 2.53 bits per heavy atom. The zero-order chi connectivity index (χ0) is 13.7. The van der Waals surface area contributed by atoms with Gasteiger partial charge < -0.3 is 20.2 Å². The van der Waals surface area contributed by atoms with Crippen LogP contribution in [0.15, 0.2) is 0 Å². The second kappa shape index (κ2) is 7.02.